The van der Waals surface area contributed by atoms with E-state index < -0.39 is 5.97 Å². The third kappa shape index (κ3) is 6.52. The Bertz CT molecular complexity index is 390. The van der Waals surface area contributed by atoms with Gasteiger partial charge < -0.3 is 10.4 Å². The Labute approximate surface area is 121 Å². The highest BCUT2D eigenvalue weighted by Crippen LogP contribution is 2.26. The summed E-state index contributed by atoms with van der Waals surface area (Å²) in [7, 11) is 0. The SMILES string of the molecule is CC(C)(CCNCc1csc(Br)c1)CCC(=O)O. The van der Waals surface area contributed by atoms with Gasteiger partial charge in [-0.25, -0.2) is 0 Å². The lowest BCUT2D eigenvalue weighted by atomic mass is 9.84. The van der Waals surface area contributed by atoms with Crippen molar-refractivity contribution in [2.45, 2.75) is 39.7 Å². The minimum atomic E-state index is -0.709. The molecule has 0 fully saturated rings. The van der Waals surface area contributed by atoms with Crippen molar-refractivity contribution in [3.8, 4) is 0 Å². The molecule has 2 N–H and O–H groups in total. The second-order valence-corrected chi connectivity index (χ2v) is 7.53. The maximum absolute atomic E-state index is 10.5. The standard InChI is InChI=1S/C13H20BrNO2S/c1-13(2,4-3-12(16)17)5-6-15-8-10-7-11(14)18-9-10/h7,9,15H,3-6,8H2,1-2H3,(H,16,17). The van der Waals surface area contributed by atoms with Crippen LogP contribution in [0.5, 0.6) is 0 Å². The number of hydrogen-bond donors (Lipinski definition) is 2. The van der Waals surface area contributed by atoms with E-state index in [9.17, 15) is 4.79 Å². The molecule has 0 saturated carbocycles. The predicted octanol–water partition coefficient (Wildman–Crippen LogP) is 3.88. The summed E-state index contributed by atoms with van der Waals surface area (Å²) in [6.07, 6.45) is 1.98. The zero-order valence-corrected chi connectivity index (χ0v) is 13.2. The van der Waals surface area contributed by atoms with Crippen LogP contribution in [-0.4, -0.2) is 17.6 Å². The van der Waals surface area contributed by atoms with Crippen molar-refractivity contribution in [2.75, 3.05) is 6.54 Å². The first kappa shape index (κ1) is 15.7. The smallest absolute Gasteiger partial charge is 0.303 e. The molecule has 0 amide bonds. The third-order valence-corrected chi connectivity index (χ3v) is 4.50. The highest BCUT2D eigenvalue weighted by Gasteiger charge is 2.18. The van der Waals surface area contributed by atoms with Gasteiger partial charge in [-0.05, 0) is 57.7 Å². The number of carboxylic acid groups (broad SMARTS) is 1. The summed E-state index contributed by atoms with van der Waals surface area (Å²) < 4.78 is 1.15. The van der Waals surface area contributed by atoms with Gasteiger partial charge >= 0.3 is 5.97 Å². The van der Waals surface area contributed by atoms with Crippen LogP contribution >= 0.6 is 27.3 Å². The molecule has 0 spiro atoms. The van der Waals surface area contributed by atoms with E-state index >= 15 is 0 Å². The largest absolute Gasteiger partial charge is 0.481 e. The molecule has 0 saturated heterocycles. The van der Waals surface area contributed by atoms with Gasteiger partial charge in [-0.2, -0.15) is 0 Å². The van der Waals surface area contributed by atoms with Crippen molar-refractivity contribution >= 4 is 33.2 Å². The zero-order chi connectivity index (χ0) is 13.6. The van der Waals surface area contributed by atoms with Gasteiger partial charge in [0.2, 0.25) is 0 Å². The van der Waals surface area contributed by atoms with E-state index in [0.717, 1.165) is 29.7 Å². The number of aliphatic carboxylic acids is 1. The second-order valence-electron chi connectivity index (χ2n) is 5.24. The fourth-order valence-corrected chi connectivity index (χ4v) is 2.88. The third-order valence-electron chi connectivity index (χ3n) is 2.95. The molecule has 1 rings (SSSR count). The van der Waals surface area contributed by atoms with Crippen LogP contribution in [0.4, 0.5) is 0 Å². The fraction of sp³-hybridized carbons (Fsp3) is 0.615. The van der Waals surface area contributed by atoms with E-state index in [-0.39, 0.29) is 11.8 Å². The molecule has 0 atom stereocenters. The molecule has 5 heteroatoms. The topological polar surface area (TPSA) is 49.3 Å². The van der Waals surface area contributed by atoms with Crippen LogP contribution in [0.2, 0.25) is 0 Å². The van der Waals surface area contributed by atoms with Crippen LogP contribution in [0.1, 0.15) is 38.7 Å². The summed E-state index contributed by atoms with van der Waals surface area (Å²) in [5, 5.41) is 14.2. The van der Waals surface area contributed by atoms with Gasteiger partial charge in [-0.3, -0.25) is 4.79 Å². The lowest BCUT2D eigenvalue weighted by Crippen LogP contribution is -2.22. The van der Waals surface area contributed by atoms with E-state index in [2.05, 4.69) is 46.5 Å². The summed E-state index contributed by atoms with van der Waals surface area (Å²) in [4.78, 5) is 10.5. The Morgan fingerprint density at radius 2 is 2.22 bits per heavy atom. The van der Waals surface area contributed by atoms with Crippen LogP contribution < -0.4 is 5.32 Å². The summed E-state index contributed by atoms with van der Waals surface area (Å²) >= 11 is 5.13. The van der Waals surface area contributed by atoms with E-state index in [1.165, 1.54) is 5.56 Å². The number of rotatable bonds is 8. The van der Waals surface area contributed by atoms with Gasteiger partial charge in [0.25, 0.3) is 0 Å². The Balaban J connectivity index is 2.18. The van der Waals surface area contributed by atoms with Crippen molar-refractivity contribution in [1.29, 1.82) is 0 Å². The number of nitrogens with one attached hydrogen (secondary N) is 1. The van der Waals surface area contributed by atoms with Gasteiger partial charge in [-0.15, -0.1) is 11.3 Å². The summed E-state index contributed by atoms with van der Waals surface area (Å²) in [5.41, 5.74) is 1.37. The molecule has 1 aromatic rings. The van der Waals surface area contributed by atoms with Crippen molar-refractivity contribution in [2.24, 2.45) is 5.41 Å². The van der Waals surface area contributed by atoms with Gasteiger partial charge in [-0.1, -0.05) is 13.8 Å². The van der Waals surface area contributed by atoms with Crippen LogP contribution in [0.25, 0.3) is 0 Å². The quantitative estimate of drug-likeness (QED) is 0.709. The highest BCUT2D eigenvalue weighted by atomic mass is 79.9. The Kier molecular flexibility index (Phi) is 6.32. The van der Waals surface area contributed by atoms with Crippen molar-refractivity contribution < 1.29 is 9.90 Å². The second kappa shape index (κ2) is 7.26. The average Bonchev–Trinajstić information content (AvgIpc) is 2.68. The van der Waals surface area contributed by atoms with Gasteiger partial charge in [0, 0.05) is 13.0 Å². The lowest BCUT2D eigenvalue weighted by molar-refractivity contribution is -0.137. The molecule has 0 unspecified atom stereocenters. The van der Waals surface area contributed by atoms with Crippen molar-refractivity contribution in [3.05, 3.63) is 20.8 Å². The number of thiophene rings is 1. The number of carbonyl (C=O) groups is 1. The van der Waals surface area contributed by atoms with Crippen LogP contribution in [0.15, 0.2) is 15.2 Å². The normalized spacial score (nSPS) is 11.7. The summed E-state index contributed by atoms with van der Waals surface area (Å²) in [5.74, 6) is -0.709. The Hall–Kier alpha value is -0.390. The molecule has 0 aliphatic carbocycles. The first-order chi connectivity index (χ1) is 8.39. The summed E-state index contributed by atoms with van der Waals surface area (Å²) in [6, 6.07) is 2.12. The number of hydrogen-bond acceptors (Lipinski definition) is 3. The fourth-order valence-electron chi connectivity index (χ4n) is 1.67. The molecule has 1 heterocycles. The van der Waals surface area contributed by atoms with E-state index in [1.54, 1.807) is 11.3 Å². The molecule has 0 aliphatic rings. The monoisotopic (exact) mass is 333 g/mol. The van der Waals surface area contributed by atoms with E-state index in [4.69, 9.17) is 5.11 Å². The van der Waals surface area contributed by atoms with Crippen molar-refractivity contribution in [3.63, 3.8) is 0 Å². The van der Waals surface area contributed by atoms with Crippen molar-refractivity contribution in [1.82, 2.24) is 5.32 Å². The molecule has 3 nitrogen and oxygen atoms in total. The van der Waals surface area contributed by atoms with Crippen LogP contribution in [0, 0.1) is 5.41 Å². The maximum atomic E-state index is 10.5. The number of halogens is 1. The molecular formula is C13H20BrNO2S. The average molecular weight is 334 g/mol. The lowest BCUT2D eigenvalue weighted by Gasteiger charge is -2.23. The molecule has 0 radical (unpaired) electrons. The Morgan fingerprint density at radius 1 is 1.50 bits per heavy atom. The molecule has 0 aliphatic heterocycles. The van der Waals surface area contributed by atoms with E-state index in [0.29, 0.717) is 0 Å². The van der Waals surface area contributed by atoms with E-state index in [1.807, 2.05) is 0 Å². The molecule has 102 valence electrons. The first-order valence-corrected chi connectivity index (χ1v) is 7.72. The number of carboxylic acids is 1. The predicted molar refractivity (Wildman–Crippen MR) is 79.0 cm³/mol. The summed E-state index contributed by atoms with van der Waals surface area (Å²) in [6.45, 7) is 6.04. The van der Waals surface area contributed by atoms with Crippen LogP contribution in [0.3, 0.4) is 0 Å². The molecule has 18 heavy (non-hydrogen) atoms. The molecule has 0 bridgehead atoms. The molecule has 1 aromatic heterocycles. The first-order valence-electron chi connectivity index (χ1n) is 6.04. The minimum absolute atomic E-state index is 0.0839. The molecule has 0 aromatic carbocycles. The molecular weight excluding hydrogens is 314 g/mol. The maximum Gasteiger partial charge on any atom is 0.303 e. The minimum Gasteiger partial charge on any atom is -0.481 e. The Morgan fingerprint density at radius 3 is 2.78 bits per heavy atom. The highest BCUT2D eigenvalue weighted by molar-refractivity contribution is 9.11. The zero-order valence-electron chi connectivity index (χ0n) is 10.8. The van der Waals surface area contributed by atoms with Gasteiger partial charge in [0.1, 0.15) is 0 Å². The van der Waals surface area contributed by atoms with Crippen LogP contribution in [-0.2, 0) is 11.3 Å². The van der Waals surface area contributed by atoms with Gasteiger partial charge in [0.15, 0.2) is 0 Å². The van der Waals surface area contributed by atoms with Gasteiger partial charge in [0.05, 0.1) is 3.79 Å².